The van der Waals surface area contributed by atoms with Crippen molar-refractivity contribution in [3.63, 3.8) is 0 Å². The smallest absolute Gasteiger partial charge is 0.309 e. The molecule has 1 aliphatic heterocycles. The molecular weight excluding hydrogens is 512 g/mol. The van der Waals surface area contributed by atoms with Gasteiger partial charge >= 0.3 is 5.97 Å². The Balaban J connectivity index is 1.86. The van der Waals surface area contributed by atoms with Gasteiger partial charge in [-0.15, -0.1) is 0 Å². The lowest BCUT2D eigenvalue weighted by atomic mass is 9.86. The number of hydrogen-bond acceptors (Lipinski definition) is 4. The topological polar surface area (TPSA) is 83.9 Å². The number of carbonyl (C=O) groups is 1. The van der Waals surface area contributed by atoms with Crippen molar-refractivity contribution in [1.82, 2.24) is 0 Å². The predicted octanol–water partition coefficient (Wildman–Crippen LogP) is 6.05. The van der Waals surface area contributed by atoms with E-state index in [9.17, 15) is 27.1 Å². The quantitative estimate of drug-likeness (QED) is 0.388. The van der Waals surface area contributed by atoms with Crippen LogP contribution in [0.15, 0.2) is 59.5 Å². The molecule has 0 aromatic heterocycles. The van der Waals surface area contributed by atoms with E-state index in [1.807, 2.05) is 0 Å². The van der Waals surface area contributed by atoms with Crippen LogP contribution in [0.4, 0.5) is 14.5 Å². The number of aliphatic carboxylic acids is 1. The third-order valence-corrected chi connectivity index (χ3v) is 8.25. The monoisotopic (exact) mass is 535 g/mol. The first-order valence-corrected chi connectivity index (χ1v) is 12.9. The van der Waals surface area contributed by atoms with E-state index in [1.165, 1.54) is 44.2 Å². The summed E-state index contributed by atoms with van der Waals surface area (Å²) in [7, 11) is -4.11. The van der Waals surface area contributed by atoms with Gasteiger partial charge in [0.15, 0.2) is 0 Å². The molecule has 0 radical (unpaired) electrons. The van der Waals surface area contributed by atoms with Crippen LogP contribution >= 0.6 is 11.6 Å². The van der Waals surface area contributed by atoms with Gasteiger partial charge in [-0.05, 0) is 62.2 Å². The molecule has 4 rings (SSSR count). The molecule has 1 N–H and O–H groups in total. The summed E-state index contributed by atoms with van der Waals surface area (Å²) in [5.74, 6) is -2.62. The van der Waals surface area contributed by atoms with Gasteiger partial charge in [0.2, 0.25) is 0 Å². The molecule has 0 fully saturated rings. The van der Waals surface area contributed by atoms with E-state index in [0.717, 1.165) is 15.9 Å². The molecule has 6 nitrogen and oxygen atoms in total. The summed E-state index contributed by atoms with van der Waals surface area (Å²) in [6.07, 6.45) is -0.714. The Labute approximate surface area is 213 Å². The Morgan fingerprint density at radius 2 is 1.89 bits per heavy atom. The van der Waals surface area contributed by atoms with Crippen LogP contribution in [-0.2, 0) is 14.8 Å². The van der Waals surface area contributed by atoms with Gasteiger partial charge in [-0.3, -0.25) is 9.10 Å². The molecular formula is C26H24ClF2NO5S. The van der Waals surface area contributed by atoms with Crippen LogP contribution in [0.1, 0.15) is 25.8 Å². The van der Waals surface area contributed by atoms with Gasteiger partial charge in [-0.2, -0.15) is 0 Å². The molecule has 0 amide bonds. The number of anilines is 1. The van der Waals surface area contributed by atoms with Gasteiger partial charge in [-0.25, -0.2) is 17.2 Å². The highest BCUT2D eigenvalue weighted by atomic mass is 35.5. The maximum atomic E-state index is 14.1. The van der Waals surface area contributed by atoms with Crippen molar-refractivity contribution >= 4 is 33.3 Å². The number of carboxylic acid groups (broad SMARTS) is 1. The number of ether oxygens (including phenoxy) is 1. The first kappa shape index (κ1) is 25.9. The minimum absolute atomic E-state index is 0.0459. The number of aryl methyl sites for hydroxylation is 1. The van der Waals surface area contributed by atoms with Gasteiger partial charge in [0, 0.05) is 18.1 Å². The fraction of sp³-hybridized carbons (Fsp3) is 0.269. The Morgan fingerprint density at radius 1 is 1.17 bits per heavy atom. The Kier molecular flexibility index (Phi) is 6.74. The molecule has 1 heterocycles. The standard InChI is InChI=1S/C26H24ClF2NO5S/c1-15-5-4-6-19(9-15)36(33,34)30-14-18(13-26(2,3)25(31)32)35-23-8-7-16(10-22(23)30)20-11-17(28)12-21(29)24(20)27/h4-12,18H,13-14H2,1-3H3,(H,31,32)/t18-/m0/s1. The maximum absolute atomic E-state index is 14.1. The fourth-order valence-corrected chi connectivity index (χ4v) is 5.96. The lowest BCUT2D eigenvalue weighted by Crippen LogP contribution is -2.46. The number of rotatable bonds is 6. The second-order valence-electron chi connectivity index (χ2n) is 9.42. The third kappa shape index (κ3) is 4.90. The van der Waals surface area contributed by atoms with Crippen molar-refractivity contribution in [3.05, 3.63) is 76.8 Å². The molecule has 1 atom stereocenters. The van der Waals surface area contributed by atoms with Crippen molar-refractivity contribution in [1.29, 1.82) is 0 Å². The summed E-state index contributed by atoms with van der Waals surface area (Å²) in [6.45, 7) is 4.69. The molecule has 0 unspecified atom stereocenters. The highest BCUT2D eigenvalue weighted by Gasteiger charge is 2.39. The Morgan fingerprint density at radius 3 is 2.56 bits per heavy atom. The predicted molar refractivity (Wildman–Crippen MR) is 133 cm³/mol. The van der Waals surface area contributed by atoms with Crippen LogP contribution in [0, 0.1) is 24.0 Å². The minimum Gasteiger partial charge on any atom is -0.486 e. The number of fused-ring (bicyclic) bond motifs is 1. The maximum Gasteiger partial charge on any atom is 0.309 e. The van der Waals surface area contributed by atoms with E-state index < -0.39 is 39.1 Å². The molecule has 0 bridgehead atoms. The van der Waals surface area contributed by atoms with Gasteiger partial charge < -0.3 is 9.84 Å². The van der Waals surface area contributed by atoms with E-state index >= 15 is 0 Å². The highest BCUT2D eigenvalue weighted by Crippen LogP contribution is 2.43. The Hall–Kier alpha value is -3.17. The van der Waals surface area contributed by atoms with E-state index in [4.69, 9.17) is 16.3 Å². The van der Waals surface area contributed by atoms with Crippen LogP contribution in [0.25, 0.3) is 11.1 Å². The van der Waals surface area contributed by atoms with E-state index in [0.29, 0.717) is 6.07 Å². The average Bonchev–Trinajstić information content (AvgIpc) is 2.80. The minimum atomic E-state index is -4.11. The second-order valence-corrected chi connectivity index (χ2v) is 11.7. The van der Waals surface area contributed by atoms with Gasteiger partial charge in [0.05, 0.1) is 27.6 Å². The number of hydrogen-bond donors (Lipinski definition) is 1. The molecule has 0 saturated heterocycles. The summed E-state index contributed by atoms with van der Waals surface area (Å²) >= 11 is 6.09. The summed E-state index contributed by atoms with van der Waals surface area (Å²) in [6, 6.07) is 12.6. The number of nitrogens with zero attached hydrogens (tertiary/aromatic N) is 1. The third-order valence-electron chi connectivity index (χ3n) is 6.09. The van der Waals surface area contributed by atoms with Crippen molar-refractivity contribution in [2.24, 2.45) is 5.41 Å². The zero-order valence-electron chi connectivity index (χ0n) is 19.8. The molecule has 0 saturated carbocycles. The zero-order valence-corrected chi connectivity index (χ0v) is 21.3. The molecule has 10 heteroatoms. The lowest BCUT2D eigenvalue weighted by molar-refractivity contribution is -0.148. The van der Waals surface area contributed by atoms with Gasteiger partial charge in [-0.1, -0.05) is 29.8 Å². The fourth-order valence-electron chi connectivity index (χ4n) is 4.14. The molecule has 0 spiro atoms. The Bertz CT molecular complexity index is 1460. The normalized spacial score (nSPS) is 15.8. The van der Waals surface area contributed by atoms with Crippen LogP contribution in [-0.4, -0.2) is 32.1 Å². The summed E-state index contributed by atoms with van der Waals surface area (Å²) in [5.41, 5.74) is 0.0598. The first-order valence-electron chi connectivity index (χ1n) is 11.1. The lowest BCUT2D eigenvalue weighted by Gasteiger charge is -2.38. The molecule has 3 aromatic carbocycles. The second kappa shape index (κ2) is 9.37. The zero-order chi connectivity index (χ0) is 26.4. The molecule has 0 aliphatic carbocycles. The molecule has 36 heavy (non-hydrogen) atoms. The number of halogens is 3. The number of sulfonamides is 1. The first-order chi connectivity index (χ1) is 16.8. The van der Waals surface area contributed by atoms with Crippen molar-refractivity contribution in [3.8, 4) is 16.9 Å². The number of carboxylic acids is 1. The van der Waals surface area contributed by atoms with E-state index in [2.05, 4.69) is 0 Å². The molecule has 190 valence electrons. The van der Waals surface area contributed by atoms with Crippen LogP contribution in [0.3, 0.4) is 0 Å². The van der Waals surface area contributed by atoms with Crippen molar-refractivity contribution < 1.29 is 31.8 Å². The van der Waals surface area contributed by atoms with Crippen molar-refractivity contribution in [2.75, 3.05) is 10.8 Å². The van der Waals surface area contributed by atoms with Crippen molar-refractivity contribution in [2.45, 2.75) is 38.2 Å². The van der Waals surface area contributed by atoms with Crippen LogP contribution in [0.2, 0.25) is 5.02 Å². The largest absolute Gasteiger partial charge is 0.486 e. The van der Waals surface area contributed by atoms with Crippen LogP contribution < -0.4 is 9.04 Å². The van der Waals surface area contributed by atoms with Gasteiger partial charge in [0.25, 0.3) is 10.0 Å². The SMILES string of the molecule is Cc1cccc(S(=O)(=O)N2C[C@H](CC(C)(C)C(=O)O)Oc3ccc(-c4cc(F)cc(F)c4Cl)cc32)c1. The average molecular weight is 536 g/mol. The highest BCUT2D eigenvalue weighted by molar-refractivity contribution is 7.92. The number of benzene rings is 3. The molecule has 3 aromatic rings. The van der Waals surface area contributed by atoms with E-state index in [1.54, 1.807) is 19.1 Å². The van der Waals surface area contributed by atoms with Crippen LogP contribution in [0.5, 0.6) is 5.75 Å². The summed E-state index contributed by atoms with van der Waals surface area (Å²) in [4.78, 5) is 11.8. The van der Waals surface area contributed by atoms with Gasteiger partial charge in [0.1, 0.15) is 23.5 Å². The summed E-state index contributed by atoms with van der Waals surface area (Å²) in [5, 5.41) is 9.27. The summed E-state index contributed by atoms with van der Waals surface area (Å²) < 4.78 is 62.8. The molecule has 1 aliphatic rings. The van der Waals surface area contributed by atoms with E-state index in [-0.39, 0.29) is 45.4 Å².